The Morgan fingerprint density at radius 1 is 1.20 bits per heavy atom. The molecule has 0 aliphatic rings. The van der Waals surface area contributed by atoms with Crippen LogP contribution >= 0.6 is 11.3 Å². The van der Waals surface area contributed by atoms with Gasteiger partial charge >= 0.3 is 0 Å². The van der Waals surface area contributed by atoms with Gasteiger partial charge in [0, 0.05) is 22.3 Å². The number of aryl methyl sites for hydroxylation is 3. The zero-order valence-electron chi connectivity index (χ0n) is 9.03. The molecule has 4 heteroatoms. The largest absolute Gasteiger partial charge is 0.375 e. The van der Waals surface area contributed by atoms with Crippen LogP contribution in [-0.4, -0.2) is 9.97 Å². The van der Waals surface area contributed by atoms with Crippen molar-refractivity contribution in [3.63, 3.8) is 0 Å². The second-order valence-electron chi connectivity index (χ2n) is 3.61. The molecule has 0 radical (unpaired) electrons. The zero-order chi connectivity index (χ0) is 11.0. The van der Waals surface area contributed by atoms with Crippen molar-refractivity contribution in [2.45, 2.75) is 20.8 Å². The molecule has 0 bridgehead atoms. The van der Waals surface area contributed by atoms with E-state index in [0.29, 0.717) is 5.13 Å². The molecule has 15 heavy (non-hydrogen) atoms. The molecule has 0 aliphatic carbocycles. The lowest BCUT2D eigenvalue weighted by Gasteiger charge is -2.07. The summed E-state index contributed by atoms with van der Waals surface area (Å²) in [4.78, 5) is 8.73. The number of rotatable bonds is 1. The average Bonchev–Trinajstić information content (AvgIpc) is 2.49. The van der Waals surface area contributed by atoms with Crippen LogP contribution in [0.1, 0.15) is 17.0 Å². The number of pyridine rings is 1. The normalized spacial score (nSPS) is 10.6. The lowest BCUT2D eigenvalue weighted by molar-refractivity contribution is 1.10. The highest BCUT2D eigenvalue weighted by molar-refractivity contribution is 7.13. The van der Waals surface area contributed by atoms with Gasteiger partial charge in [-0.1, -0.05) is 0 Å². The maximum Gasteiger partial charge on any atom is 0.180 e. The van der Waals surface area contributed by atoms with Gasteiger partial charge in [0.1, 0.15) is 0 Å². The third-order valence-corrected chi connectivity index (χ3v) is 2.98. The SMILES string of the molecule is Cc1cc(C)c(-c2csc(N)n2)c(C)n1. The molecule has 2 heterocycles. The summed E-state index contributed by atoms with van der Waals surface area (Å²) >= 11 is 1.46. The molecule has 0 saturated heterocycles. The van der Waals surface area contributed by atoms with E-state index in [9.17, 15) is 0 Å². The molecule has 3 nitrogen and oxygen atoms in total. The van der Waals surface area contributed by atoms with Gasteiger partial charge in [-0.25, -0.2) is 4.98 Å². The second kappa shape index (κ2) is 3.62. The number of nitrogens with zero attached hydrogens (tertiary/aromatic N) is 2. The molecule has 0 atom stereocenters. The number of nitrogen functional groups attached to an aromatic ring is 1. The maximum atomic E-state index is 5.63. The van der Waals surface area contributed by atoms with Gasteiger partial charge in [-0.05, 0) is 32.4 Å². The van der Waals surface area contributed by atoms with E-state index in [4.69, 9.17) is 5.73 Å². The fourth-order valence-electron chi connectivity index (χ4n) is 1.81. The number of anilines is 1. The summed E-state index contributed by atoms with van der Waals surface area (Å²) in [7, 11) is 0. The Kier molecular flexibility index (Phi) is 2.44. The van der Waals surface area contributed by atoms with Crippen molar-refractivity contribution in [2.24, 2.45) is 0 Å². The quantitative estimate of drug-likeness (QED) is 0.802. The summed E-state index contributed by atoms with van der Waals surface area (Å²) in [5.74, 6) is 0. The van der Waals surface area contributed by atoms with Crippen molar-refractivity contribution in [3.8, 4) is 11.3 Å². The molecule has 0 aromatic carbocycles. The number of thiazole rings is 1. The molecule has 2 N–H and O–H groups in total. The summed E-state index contributed by atoms with van der Waals surface area (Å²) in [6.07, 6.45) is 0. The molecule has 0 aliphatic heterocycles. The van der Waals surface area contributed by atoms with Gasteiger partial charge in [-0.15, -0.1) is 11.3 Å². The summed E-state index contributed by atoms with van der Waals surface area (Å²) in [5.41, 5.74) is 10.9. The van der Waals surface area contributed by atoms with E-state index < -0.39 is 0 Å². The monoisotopic (exact) mass is 219 g/mol. The van der Waals surface area contributed by atoms with E-state index in [0.717, 1.165) is 22.6 Å². The van der Waals surface area contributed by atoms with Crippen molar-refractivity contribution in [1.29, 1.82) is 0 Å². The molecule has 2 aromatic rings. The third-order valence-electron chi connectivity index (χ3n) is 2.30. The fraction of sp³-hybridized carbons (Fsp3) is 0.273. The second-order valence-corrected chi connectivity index (χ2v) is 4.50. The maximum absolute atomic E-state index is 5.63. The lowest BCUT2D eigenvalue weighted by atomic mass is 10.0. The Morgan fingerprint density at radius 2 is 1.93 bits per heavy atom. The Balaban J connectivity index is 2.62. The first-order valence-corrected chi connectivity index (χ1v) is 5.62. The first kappa shape index (κ1) is 10.1. The standard InChI is InChI=1S/C11H13N3S/c1-6-4-7(2)13-8(3)10(6)9-5-15-11(12)14-9/h4-5H,1-3H3,(H2,12,14). The smallest absolute Gasteiger partial charge is 0.180 e. The van der Waals surface area contributed by atoms with Gasteiger partial charge in [-0.3, -0.25) is 4.98 Å². The van der Waals surface area contributed by atoms with Gasteiger partial charge in [0.05, 0.1) is 5.69 Å². The van der Waals surface area contributed by atoms with Gasteiger partial charge in [-0.2, -0.15) is 0 Å². The minimum atomic E-state index is 0.601. The van der Waals surface area contributed by atoms with Crippen molar-refractivity contribution < 1.29 is 0 Å². The minimum Gasteiger partial charge on any atom is -0.375 e. The molecule has 0 fully saturated rings. The predicted octanol–water partition coefficient (Wildman–Crippen LogP) is 2.71. The Hall–Kier alpha value is -1.42. The molecule has 0 amide bonds. The van der Waals surface area contributed by atoms with Crippen LogP contribution in [0.2, 0.25) is 0 Å². The molecule has 78 valence electrons. The number of hydrogen-bond donors (Lipinski definition) is 1. The third kappa shape index (κ3) is 1.85. The van der Waals surface area contributed by atoms with Crippen LogP contribution in [0.15, 0.2) is 11.4 Å². The molecule has 0 unspecified atom stereocenters. The zero-order valence-corrected chi connectivity index (χ0v) is 9.85. The molecule has 2 rings (SSSR count). The first-order valence-electron chi connectivity index (χ1n) is 4.74. The molecule has 2 aromatic heterocycles. The Bertz CT molecular complexity index is 479. The van der Waals surface area contributed by atoms with Crippen LogP contribution in [0, 0.1) is 20.8 Å². The minimum absolute atomic E-state index is 0.601. The van der Waals surface area contributed by atoms with Crippen molar-refractivity contribution in [1.82, 2.24) is 9.97 Å². The number of aromatic nitrogens is 2. The van der Waals surface area contributed by atoms with E-state index >= 15 is 0 Å². The van der Waals surface area contributed by atoms with Gasteiger partial charge < -0.3 is 5.73 Å². The topological polar surface area (TPSA) is 51.8 Å². The van der Waals surface area contributed by atoms with E-state index in [1.807, 2.05) is 19.2 Å². The molecular formula is C11H13N3S. The van der Waals surface area contributed by atoms with E-state index in [-0.39, 0.29) is 0 Å². The summed E-state index contributed by atoms with van der Waals surface area (Å²) in [6.45, 7) is 6.08. The Labute approximate surface area is 93.0 Å². The van der Waals surface area contributed by atoms with Crippen LogP contribution in [-0.2, 0) is 0 Å². The van der Waals surface area contributed by atoms with E-state index in [1.165, 1.54) is 16.9 Å². The van der Waals surface area contributed by atoms with E-state index in [1.54, 1.807) is 0 Å². The highest BCUT2D eigenvalue weighted by atomic mass is 32.1. The predicted molar refractivity (Wildman–Crippen MR) is 64.0 cm³/mol. The van der Waals surface area contributed by atoms with Gasteiger partial charge in [0.15, 0.2) is 5.13 Å². The number of nitrogens with two attached hydrogens (primary N) is 1. The molecule has 0 saturated carbocycles. The van der Waals surface area contributed by atoms with Gasteiger partial charge in [0.2, 0.25) is 0 Å². The van der Waals surface area contributed by atoms with Crippen molar-refractivity contribution >= 4 is 16.5 Å². The van der Waals surface area contributed by atoms with Crippen molar-refractivity contribution in [2.75, 3.05) is 5.73 Å². The highest BCUT2D eigenvalue weighted by Gasteiger charge is 2.10. The summed E-state index contributed by atoms with van der Waals surface area (Å²) < 4.78 is 0. The fourth-order valence-corrected chi connectivity index (χ4v) is 2.37. The van der Waals surface area contributed by atoms with Crippen LogP contribution < -0.4 is 5.73 Å². The van der Waals surface area contributed by atoms with Crippen LogP contribution in [0.4, 0.5) is 5.13 Å². The first-order chi connectivity index (χ1) is 7.08. The van der Waals surface area contributed by atoms with Crippen LogP contribution in [0.3, 0.4) is 0 Å². The molecule has 0 spiro atoms. The average molecular weight is 219 g/mol. The van der Waals surface area contributed by atoms with Crippen LogP contribution in [0.5, 0.6) is 0 Å². The number of hydrogen-bond acceptors (Lipinski definition) is 4. The van der Waals surface area contributed by atoms with Gasteiger partial charge in [0.25, 0.3) is 0 Å². The Morgan fingerprint density at radius 3 is 2.47 bits per heavy atom. The summed E-state index contributed by atoms with van der Waals surface area (Å²) in [5, 5.41) is 2.58. The van der Waals surface area contributed by atoms with E-state index in [2.05, 4.69) is 23.0 Å². The molecular weight excluding hydrogens is 206 g/mol. The summed E-state index contributed by atoms with van der Waals surface area (Å²) in [6, 6.07) is 2.07. The van der Waals surface area contributed by atoms with Crippen molar-refractivity contribution in [3.05, 3.63) is 28.4 Å². The lowest BCUT2D eigenvalue weighted by Crippen LogP contribution is -1.95. The van der Waals surface area contributed by atoms with Crippen LogP contribution in [0.25, 0.3) is 11.3 Å². The highest BCUT2D eigenvalue weighted by Crippen LogP contribution is 2.28.